The van der Waals surface area contributed by atoms with Crippen LogP contribution in [0.15, 0.2) is 152 Å². The molecule has 0 N–H and O–H groups in total. The first-order valence-corrected chi connectivity index (χ1v) is 20.4. The second-order valence-electron chi connectivity index (χ2n) is 16.2. The van der Waals surface area contributed by atoms with Crippen molar-refractivity contribution >= 4 is 75.3 Å². The van der Waals surface area contributed by atoms with Gasteiger partial charge in [0.25, 0.3) is 0 Å². The minimum Gasteiger partial charge on any atom is -0.309 e. The second kappa shape index (κ2) is 11.5. The zero-order valence-electron chi connectivity index (χ0n) is 30.7. The Bertz CT molecular complexity index is 3160. The van der Waals surface area contributed by atoms with E-state index in [1.807, 2.05) is 0 Å². The van der Waals surface area contributed by atoms with E-state index < -0.39 is 0 Å². The average Bonchev–Trinajstić information content (AvgIpc) is 3.93. The number of allylic oxidation sites excluding steroid dienone is 1. The second-order valence-corrected chi connectivity index (χ2v) is 17.2. The molecular weight excluding hydrogens is 689 g/mol. The summed E-state index contributed by atoms with van der Waals surface area (Å²) in [4.78, 5) is 11.1. The van der Waals surface area contributed by atoms with Crippen molar-refractivity contribution in [3.8, 4) is 22.9 Å². The Hall–Kier alpha value is -6.04. The molecule has 0 radical (unpaired) electrons. The van der Waals surface area contributed by atoms with Crippen LogP contribution in [0.4, 0.5) is 0 Å². The fourth-order valence-electron chi connectivity index (χ4n) is 10.4. The van der Waals surface area contributed by atoms with Gasteiger partial charge < -0.3 is 4.57 Å². The van der Waals surface area contributed by atoms with Gasteiger partial charge in [-0.15, -0.1) is 11.3 Å². The number of rotatable bonds is 4. The largest absolute Gasteiger partial charge is 0.309 e. The molecule has 10 aromatic rings. The highest BCUT2D eigenvalue weighted by atomic mass is 32.1. The molecule has 2 saturated carbocycles. The van der Waals surface area contributed by atoms with E-state index >= 15 is 0 Å². The van der Waals surface area contributed by atoms with Gasteiger partial charge in [0, 0.05) is 42.9 Å². The molecule has 0 saturated heterocycles. The van der Waals surface area contributed by atoms with Gasteiger partial charge in [0.2, 0.25) is 5.95 Å². The van der Waals surface area contributed by atoms with Crippen LogP contribution in [0, 0.1) is 11.8 Å². The standard InChI is InChI=1S/C50H38N4S/c1-30-32-22-23-33(30)29-50(2,28-32)34-13-11-12-31(26-34)46-48-47(40-17-6-10-21-45(40)55-48)52-49(51-46)54-43-20-9-5-16-38(43)39-25-24-35(27-44(39)54)53-41-18-7-3-14-36(41)37-15-4-8-19-42(37)53/h3-21,24-27,32-33H,1,22-23,28-29H2,2H3/t32-,33?,50?/m1/s1. The first kappa shape index (κ1) is 31.3. The van der Waals surface area contributed by atoms with Gasteiger partial charge in [0.15, 0.2) is 0 Å². The third-order valence-electron chi connectivity index (χ3n) is 13.0. The number of nitrogens with zero attached hydrogens (tertiary/aromatic N) is 4. The predicted octanol–water partition coefficient (Wildman–Crippen LogP) is 13.3. The summed E-state index contributed by atoms with van der Waals surface area (Å²) in [5.74, 6) is 1.96. The van der Waals surface area contributed by atoms with Crippen LogP contribution in [0.25, 0.3) is 86.8 Å². The third-order valence-corrected chi connectivity index (χ3v) is 14.2. The van der Waals surface area contributed by atoms with E-state index in [1.54, 1.807) is 11.3 Å². The molecule has 55 heavy (non-hydrogen) atoms. The van der Waals surface area contributed by atoms with Crippen molar-refractivity contribution in [1.29, 1.82) is 0 Å². The molecule has 5 heteroatoms. The van der Waals surface area contributed by atoms with E-state index in [4.69, 9.17) is 9.97 Å². The van der Waals surface area contributed by atoms with Gasteiger partial charge in [-0.25, -0.2) is 9.97 Å². The molecule has 0 spiro atoms. The molecule has 2 bridgehead atoms. The molecule has 4 heterocycles. The summed E-state index contributed by atoms with van der Waals surface area (Å²) in [5.41, 5.74) is 11.9. The van der Waals surface area contributed by atoms with Crippen LogP contribution in [-0.4, -0.2) is 19.1 Å². The van der Waals surface area contributed by atoms with Crippen molar-refractivity contribution < 1.29 is 0 Å². The van der Waals surface area contributed by atoms with E-state index in [0.29, 0.717) is 17.8 Å². The summed E-state index contributed by atoms with van der Waals surface area (Å²) in [5, 5.41) is 6.05. The minimum absolute atomic E-state index is 0.119. The van der Waals surface area contributed by atoms with Crippen LogP contribution in [0.3, 0.4) is 0 Å². The Morgan fingerprint density at radius 1 is 0.600 bits per heavy atom. The first-order chi connectivity index (χ1) is 27.0. The van der Waals surface area contributed by atoms with Gasteiger partial charge in [0.1, 0.15) is 0 Å². The van der Waals surface area contributed by atoms with Crippen molar-refractivity contribution in [2.24, 2.45) is 11.8 Å². The van der Waals surface area contributed by atoms with Gasteiger partial charge in [-0.05, 0) is 91.0 Å². The van der Waals surface area contributed by atoms with Crippen molar-refractivity contribution in [1.82, 2.24) is 19.1 Å². The first-order valence-electron chi connectivity index (χ1n) is 19.5. The maximum Gasteiger partial charge on any atom is 0.235 e. The lowest BCUT2D eigenvalue weighted by atomic mass is 9.65. The van der Waals surface area contributed by atoms with E-state index in [-0.39, 0.29) is 5.41 Å². The van der Waals surface area contributed by atoms with E-state index in [1.165, 1.54) is 79.5 Å². The zero-order chi connectivity index (χ0) is 36.4. The molecule has 2 unspecified atom stereocenters. The Labute approximate surface area is 323 Å². The van der Waals surface area contributed by atoms with Crippen LogP contribution < -0.4 is 0 Å². The van der Waals surface area contributed by atoms with Gasteiger partial charge in [-0.1, -0.05) is 116 Å². The maximum atomic E-state index is 5.61. The SMILES string of the molecule is C=C1C2CC[C@@H]1CC(C)(c1cccc(-c3nc(-n4c5ccccc5c5ccc(-n6c7ccccc7c7ccccc76)cc54)nc4c3sc3ccccc34)c1)C2. The Kier molecular flexibility index (Phi) is 6.54. The number of hydrogen-bond acceptors (Lipinski definition) is 3. The molecule has 4 aromatic heterocycles. The molecule has 2 aliphatic rings. The summed E-state index contributed by atoms with van der Waals surface area (Å²) < 4.78 is 7.06. The lowest BCUT2D eigenvalue weighted by Crippen LogP contribution is -2.31. The summed E-state index contributed by atoms with van der Waals surface area (Å²) in [6, 6.07) is 51.0. The fourth-order valence-corrected chi connectivity index (χ4v) is 11.6. The number of benzene rings is 6. The van der Waals surface area contributed by atoms with Crippen LogP contribution in [-0.2, 0) is 5.41 Å². The highest BCUT2D eigenvalue weighted by Gasteiger charge is 2.44. The molecule has 3 atom stereocenters. The van der Waals surface area contributed by atoms with Crippen LogP contribution in [0.1, 0.15) is 38.2 Å². The Morgan fingerprint density at radius 3 is 1.89 bits per heavy atom. The summed E-state index contributed by atoms with van der Waals surface area (Å²) >= 11 is 1.80. The molecule has 4 nitrogen and oxygen atoms in total. The molecular formula is C50H38N4S. The number of fused-ring (bicyclic) bond motifs is 11. The molecule has 2 fully saturated rings. The van der Waals surface area contributed by atoms with Crippen LogP contribution >= 0.6 is 11.3 Å². The normalized spacial score (nSPS) is 19.9. The van der Waals surface area contributed by atoms with E-state index in [9.17, 15) is 0 Å². The summed E-state index contributed by atoms with van der Waals surface area (Å²) in [6.07, 6.45) is 4.92. The van der Waals surface area contributed by atoms with E-state index in [0.717, 1.165) is 38.2 Å². The monoisotopic (exact) mass is 726 g/mol. The lowest BCUT2D eigenvalue weighted by molar-refractivity contribution is 0.293. The highest BCUT2D eigenvalue weighted by molar-refractivity contribution is 7.26. The number of para-hydroxylation sites is 3. The highest BCUT2D eigenvalue weighted by Crippen LogP contribution is 2.54. The summed E-state index contributed by atoms with van der Waals surface area (Å²) in [6.45, 7) is 7.01. The third kappa shape index (κ3) is 4.50. The van der Waals surface area contributed by atoms with Crippen molar-refractivity contribution in [3.63, 3.8) is 0 Å². The van der Waals surface area contributed by atoms with E-state index in [2.05, 4.69) is 162 Å². The number of hydrogen-bond donors (Lipinski definition) is 0. The zero-order valence-corrected chi connectivity index (χ0v) is 31.5. The topological polar surface area (TPSA) is 35.6 Å². The van der Waals surface area contributed by atoms with Crippen molar-refractivity contribution in [2.75, 3.05) is 0 Å². The van der Waals surface area contributed by atoms with Crippen molar-refractivity contribution in [3.05, 3.63) is 157 Å². The molecule has 6 aromatic carbocycles. The van der Waals surface area contributed by atoms with Gasteiger partial charge in [0.05, 0.1) is 38.0 Å². The van der Waals surface area contributed by atoms with Crippen LogP contribution in [0.2, 0.25) is 0 Å². The lowest BCUT2D eigenvalue weighted by Gasteiger charge is -2.40. The minimum atomic E-state index is 0.119. The predicted molar refractivity (Wildman–Crippen MR) is 231 cm³/mol. The maximum absolute atomic E-state index is 5.61. The number of thiophene rings is 1. The Morgan fingerprint density at radius 2 is 1.20 bits per heavy atom. The van der Waals surface area contributed by atoms with Gasteiger partial charge in [-0.3, -0.25) is 4.57 Å². The van der Waals surface area contributed by atoms with Crippen molar-refractivity contribution in [2.45, 2.75) is 38.0 Å². The molecule has 0 amide bonds. The smallest absolute Gasteiger partial charge is 0.235 e. The Balaban J connectivity index is 1.12. The quantitative estimate of drug-likeness (QED) is 0.169. The molecule has 264 valence electrons. The van der Waals surface area contributed by atoms with Crippen LogP contribution in [0.5, 0.6) is 0 Å². The summed E-state index contributed by atoms with van der Waals surface area (Å²) in [7, 11) is 0. The molecule has 0 aliphatic heterocycles. The number of aromatic nitrogens is 4. The molecule has 2 aliphatic carbocycles. The van der Waals surface area contributed by atoms with Gasteiger partial charge in [-0.2, -0.15) is 0 Å². The van der Waals surface area contributed by atoms with Gasteiger partial charge >= 0.3 is 0 Å². The molecule has 12 rings (SSSR count). The fraction of sp³-hybridized carbons (Fsp3) is 0.160. The average molecular weight is 727 g/mol.